The number of hydrogen-bond acceptors (Lipinski definition) is 4. The molecule has 0 aromatic carbocycles. The first-order chi connectivity index (χ1) is 5.72. The zero-order valence-electron chi connectivity index (χ0n) is 7.33. The van der Waals surface area contributed by atoms with Crippen LogP contribution in [0.25, 0.3) is 0 Å². The van der Waals surface area contributed by atoms with E-state index in [1.54, 1.807) is 0 Å². The lowest BCUT2D eigenvalue weighted by atomic mass is 10.1. The molecule has 0 aromatic heterocycles. The molecule has 0 saturated heterocycles. The molecule has 4 nitrogen and oxygen atoms in total. The number of nitrogens with two attached hydrogens (primary N) is 2. The Balaban J connectivity index is 3.31. The highest BCUT2D eigenvalue weighted by Gasteiger charge is 2.09. The summed E-state index contributed by atoms with van der Waals surface area (Å²) < 4.78 is 0. The minimum Gasteiger partial charge on any atom is -0.396 e. The Bertz CT molecular complexity index is 128. The summed E-state index contributed by atoms with van der Waals surface area (Å²) in [4.78, 5) is 11.1. The molecule has 0 aromatic rings. The Morgan fingerprint density at radius 2 is 2.00 bits per heavy atom. The molecule has 0 amide bonds. The van der Waals surface area contributed by atoms with Crippen molar-refractivity contribution in [2.45, 2.75) is 31.7 Å². The summed E-state index contributed by atoms with van der Waals surface area (Å²) in [7, 11) is 0. The van der Waals surface area contributed by atoms with Crippen molar-refractivity contribution in [3.63, 3.8) is 0 Å². The van der Waals surface area contributed by atoms with E-state index in [1.807, 2.05) is 0 Å². The Kier molecular flexibility index (Phi) is 6.94. The molecule has 0 fully saturated rings. The maximum absolute atomic E-state index is 11.1. The van der Waals surface area contributed by atoms with Crippen LogP contribution < -0.4 is 11.5 Å². The van der Waals surface area contributed by atoms with E-state index in [2.05, 4.69) is 0 Å². The Morgan fingerprint density at radius 1 is 1.33 bits per heavy atom. The number of Topliss-reactive ketones (excluding diaryl/α,β-unsaturated/α-hetero) is 1. The van der Waals surface area contributed by atoms with E-state index in [0.717, 1.165) is 19.3 Å². The maximum atomic E-state index is 11.1. The van der Waals surface area contributed by atoms with Crippen molar-refractivity contribution in [3.8, 4) is 0 Å². The summed E-state index contributed by atoms with van der Waals surface area (Å²) in [6, 6.07) is -0.501. The van der Waals surface area contributed by atoms with E-state index >= 15 is 0 Å². The van der Waals surface area contributed by atoms with Crippen LogP contribution in [0.1, 0.15) is 25.7 Å². The van der Waals surface area contributed by atoms with Gasteiger partial charge in [0.1, 0.15) is 0 Å². The normalized spacial score (nSPS) is 12.9. The van der Waals surface area contributed by atoms with Gasteiger partial charge in [0.2, 0.25) is 0 Å². The molecule has 0 saturated carbocycles. The van der Waals surface area contributed by atoms with Gasteiger partial charge in [0, 0.05) is 19.6 Å². The van der Waals surface area contributed by atoms with E-state index in [0.29, 0.717) is 6.42 Å². The van der Waals surface area contributed by atoms with Gasteiger partial charge in [0.25, 0.3) is 0 Å². The van der Waals surface area contributed by atoms with Crippen LogP contribution in [0.5, 0.6) is 0 Å². The molecule has 0 aliphatic carbocycles. The first-order valence-corrected chi connectivity index (χ1v) is 4.31. The zero-order valence-corrected chi connectivity index (χ0v) is 7.33. The van der Waals surface area contributed by atoms with E-state index in [9.17, 15) is 4.79 Å². The van der Waals surface area contributed by atoms with Crippen LogP contribution in [0.15, 0.2) is 0 Å². The number of unbranched alkanes of at least 4 members (excludes halogenated alkanes) is 2. The molecule has 1 atom stereocenters. The van der Waals surface area contributed by atoms with Gasteiger partial charge >= 0.3 is 0 Å². The zero-order chi connectivity index (χ0) is 9.40. The molecule has 0 radical (unpaired) electrons. The SMILES string of the molecule is NCC(N)C(=O)CCCCCO. The minimum absolute atomic E-state index is 0.0236. The lowest BCUT2D eigenvalue weighted by Crippen LogP contribution is -2.37. The second-order valence-electron chi connectivity index (χ2n) is 2.84. The highest BCUT2D eigenvalue weighted by Crippen LogP contribution is 2.00. The van der Waals surface area contributed by atoms with Gasteiger partial charge in [-0.05, 0) is 12.8 Å². The quantitative estimate of drug-likeness (QED) is 0.449. The van der Waals surface area contributed by atoms with Crippen molar-refractivity contribution in [3.05, 3.63) is 0 Å². The summed E-state index contributed by atoms with van der Waals surface area (Å²) in [6.07, 6.45) is 2.91. The third-order valence-electron chi connectivity index (χ3n) is 1.75. The minimum atomic E-state index is -0.501. The molecular weight excluding hydrogens is 156 g/mol. The monoisotopic (exact) mass is 174 g/mol. The molecule has 5 N–H and O–H groups in total. The summed E-state index contributed by atoms with van der Waals surface area (Å²) in [5.74, 6) is 0.0236. The molecule has 72 valence electrons. The van der Waals surface area contributed by atoms with Gasteiger partial charge < -0.3 is 16.6 Å². The largest absolute Gasteiger partial charge is 0.396 e. The third kappa shape index (κ3) is 5.23. The molecule has 1 unspecified atom stereocenters. The second-order valence-corrected chi connectivity index (χ2v) is 2.84. The molecule has 12 heavy (non-hydrogen) atoms. The first kappa shape index (κ1) is 11.6. The molecule has 0 rings (SSSR count). The van der Waals surface area contributed by atoms with Gasteiger partial charge in [-0.2, -0.15) is 0 Å². The van der Waals surface area contributed by atoms with Crippen LogP contribution in [0, 0.1) is 0 Å². The number of hydrogen-bond donors (Lipinski definition) is 3. The van der Waals surface area contributed by atoms with Crippen molar-refractivity contribution in [2.24, 2.45) is 11.5 Å². The lowest BCUT2D eigenvalue weighted by Gasteiger charge is -2.06. The van der Waals surface area contributed by atoms with Crippen LogP contribution >= 0.6 is 0 Å². The molecule has 4 heteroatoms. The molecule has 0 heterocycles. The van der Waals surface area contributed by atoms with Crippen molar-refractivity contribution in [1.82, 2.24) is 0 Å². The molecule has 0 aliphatic heterocycles. The van der Waals surface area contributed by atoms with Crippen LogP contribution in [0.2, 0.25) is 0 Å². The smallest absolute Gasteiger partial charge is 0.150 e. The Hall–Kier alpha value is -0.450. The van der Waals surface area contributed by atoms with Gasteiger partial charge in [0.15, 0.2) is 5.78 Å². The van der Waals surface area contributed by atoms with E-state index < -0.39 is 6.04 Å². The fourth-order valence-corrected chi connectivity index (χ4v) is 0.905. The number of aliphatic hydroxyl groups excluding tert-OH is 1. The average molecular weight is 174 g/mol. The van der Waals surface area contributed by atoms with Crippen molar-refractivity contribution in [1.29, 1.82) is 0 Å². The third-order valence-corrected chi connectivity index (χ3v) is 1.75. The number of ketones is 1. The van der Waals surface area contributed by atoms with Gasteiger partial charge in [-0.25, -0.2) is 0 Å². The molecule has 0 spiro atoms. The van der Waals surface area contributed by atoms with Crippen LogP contribution in [0.3, 0.4) is 0 Å². The van der Waals surface area contributed by atoms with E-state index in [-0.39, 0.29) is 18.9 Å². The predicted octanol–water partition coefficient (Wildman–Crippen LogP) is -0.606. The summed E-state index contributed by atoms with van der Waals surface area (Å²) in [5.41, 5.74) is 10.6. The van der Waals surface area contributed by atoms with Crippen molar-refractivity contribution >= 4 is 5.78 Å². The van der Waals surface area contributed by atoms with Gasteiger partial charge in [-0.15, -0.1) is 0 Å². The highest BCUT2D eigenvalue weighted by molar-refractivity contribution is 5.83. The first-order valence-electron chi connectivity index (χ1n) is 4.31. The van der Waals surface area contributed by atoms with Crippen LogP contribution in [0.4, 0.5) is 0 Å². The number of aliphatic hydroxyl groups is 1. The highest BCUT2D eigenvalue weighted by atomic mass is 16.2. The fourth-order valence-electron chi connectivity index (χ4n) is 0.905. The van der Waals surface area contributed by atoms with Gasteiger partial charge in [-0.3, -0.25) is 4.79 Å². The van der Waals surface area contributed by atoms with Crippen LogP contribution in [-0.2, 0) is 4.79 Å². The average Bonchev–Trinajstić information content (AvgIpc) is 2.10. The number of rotatable bonds is 7. The van der Waals surface area contributed by atoms with Crippen LogP contribution in [-0.4, -0.2) is 30.1 Å². The molecular formula is C8H18N2O2. The lowest BCUT2D eigenvalue weighted by molar-refractivity contribution is -0.120. The van der Waals surface area contributed by atoms with Crippen molar-refractivity contribution in [2.75, 3.05) is 13.2 Å². The fraction of sp³-hybridized carbons (Fsp3) is 0.875. The Morgan fingerprint density at radius 3 is 2.50 bits per heavy atom. The topological polar surface area (TPSA) is 89.3 Å². The Labute approximate surface area is 72.9 Å². The van der Waals surface area contributed by atoms with E-state index in [4.69, 9.17) is 16.6 Å². The second kappa shape index (κ2) is 7.21. The van der Waals surface area contributed by atoms with Gasteiger partial charge in [0.05, 0.1) is 6.04 Å². The molecule has 0 bridgehead atoms. The van der Waals surface area contributed by atoms with Gasteiger partial charge in [-0.1, -0.05) is 6.42 Å². The summed E-state index contributed by atoms with van der Waals surface area (Å²) in [6.45, 7) is 0.413. The van der Waals surface area contributed by atoms with E-state index in [1.165, 1.54) is 0 Å². The summed E-state index contributed by atoms with van der Waals surface area (Å²) in [5, 5.41) is 8.46. The molecule has 0 aliphatic rings. The van der Waals surface area contributed by atoms with Crippen molar-refractivity contribution < 1.29 is 9.90 Å². The maximum Gasteiger partial charge on any atom is 0.150 e. The summed E-state index contributed by atoms with van der Waals surface area (Å²) >= 11 is 0. The number of carbonyl (C=O) groups is 1. The predicted molar refractivity (Wildman–Crippen MR) is 47.6 cm³/mol. The standard InChI is InChI=1S/C8H18N2O2/c9-6-7(10)8(12)4-2-1-3-5-11/h7,11H,1-6,9-10H2. The number of carbonyl (C=O) groups excluding carboxylic acids is 1.